The monoisotopic (exact) mass is 329 g/mol. The normalized spacial score (nSPS) is 20.7. The maximum Gasteiger partial charge on any atom is 0.250 e. The Kier molecular flexibility index (Phi) is 5.51. The Morgan fingerprint density at radius 3 is 2.33 bits per heavy atom. The molecule has 1 heterocycles. The largest absolute Gasteiger partial charge is 0.366 e. The molecule has 0 radical (unpaired) electrons. The van der Waals surface area contributed by atoms with E-state index in [0.29, 0.717) is 11.3 Å². The summed E-state index contributed by atoms with van der Waals surface area (Å²) in [6, 6.07) is 7.64. The number of nitrogens with zero attached hydrogens (tertiary/aromatic N) is 1. The molecule has 2 amide bonds. The summed E-state index contributed by atoms with van der Waals surface area (Å²) in [7, 11) is 0. The lowest BCUT2D eigenvalue weighted by Crippen LogP contribution is -2.44. The number of rotatable bonds is 4. The molecular formula is C19H27N3O2. The highest BCUT2D eigenvalue weighted by atomic mass is 16.2. The molecular weight excluding hydrogens is 302 g/mol. The van der Waals surface area contributed by atoms with Crippen molar-refractivity contribution >= 4 is 17.5 Å². The van der Waals surface area contributed by atoms with E-state index >= 15 is 0 Å². The lowest BCUT2D eigenvalue weighted by atomic mass is 9.90. The van der Waals surface area contributed by atoms with Crippen LogP contribution in [0.4, 0.5) is 5.69 Å². The molecule has 2 aliphatic rings. The van der Waals surface area contributed by atoms with Gasteiger partial charge < -0.3 is 16.0 Å². The fourth-order valence-corrected chi connectivity index (χ4v) is 4.01. The molecule has 1 aromatic carbocycles. The van der Waals surface area contributed by atoms with Gasteiger partial charge >= 0.3 is 0 Å². The van der Waals surface area contributed by atoms with Crippen molar-refractivity contribution < 1.29 is 9.59 Å². The summed E-state index contributed by atoms with van der Waals surface area (Å²) in [4.78, 5) is 26.6. The predicted molar refractivity (Wildman–Crippen MR) is 94.8 cm³/mol. The van der Waals surface area contributed by atoms with E-state index in [1.807, 2.05) is 0 Å². The van der Waals surface area contributed by atoms with Crippen LogP contribution in [0.3, 0.4) is 0 Å². The first kappa shape index (κ1) is 17.0. The molecule has 1 aromatic rings. The van der Waals surface area contributed by atoms with Crippen LogP contribution in [-0.4, -0.2) is 35.8 Å². The molecule has 0 spiro atoms. The van der Waals surface area contributed by atoms with Crippen molar-refractivity contribution in [2.45, 2.75) is 51.0 Å². The molecule has 1 saturated carbocycles. The number of piperidine rings is 1. The van der Waals surface area contributed by atoms with Gasteiger partial charge in [-0.1, -0.05) is 31.4 Å². The van der Waals surface area contributed by atoms with Gasteiger partial charge in [0.1, 0.15) is 0 Å². The molecule has 2 fully saturated rings. The Balaban J connectivity index is 1.55. The highest BCUT2D eigenvalue weighted by molar-refractivity contribution is 6.03. The van der Waals surface area contributed by atoms with Crippen molar-refractivity contribution in [3.05, 3.63) is 29.8 Å². The number of carbonyl (C=O) groups is 2. The molecule has 1 aliphatic carbocycles. The second-order valence-corrected chi connectivity index (χ2v) is 7.00. The van der Waals surface area contributed by atoms with Gasteiger partial charge in [-0.3, -0.25) is 9.59 Å². The Labute approximate surface area is 143 Å². The Morgan fingerprint density at radius 2 is 1.67 bits per heavy atom. The zero-order chi connectivity index (χ0) is 16.9. The molecule has 5 nitrogen and oxygen atoms in total. The van der Waals surface area contributed by atoms with E-state index in [1.165, 1.54) is 32.1 Å². The molecule has 130 valence electrons. The van der Waals surface area contributed by atoms with Crippen LogP contribution in [-0.2, 0) is 4.79 Å². The van der Waals surface area contributed by atoms with Crippen molar-refractivity contribution in [3.8, 4) is 0 Å². The molecule has 0 atom stereocenters. The molecule has 0 bridgehead atoms. The quantitative estimate of drug-likeness (QED) is 0.892. The highest BCUT2D eigenvalue weighted by Gasteiger charge is 2.29. The second-order valence-electron chi connectivity index (χ2n) is 7.00. The second kappa shape index (κ2) is 7.79. The zero-order valence-electron chi connectivity index (χ0n) is 14.2. The summed E-state index contributed by atoms with van der Waals surface area (Å²) < 4.78 is 0. The van der Waals surface area contributed by atoms with E-state index in [2.05, 4.69) is 10.2 Å². The molecule has 0 aromatic heterocycles. The maximum absolute atomic E-state index is 12.5. The van der Waals surface area contributed by atoms with Crippen LogP contribution in [0.1, 0.15) is 55.3 Å². The topological polar surface area (TPSA) is 75.4 Å². The molecule has 0 unspecified atom stereocenters. The molecule has 5 heteroatoms. The van der Waals surface area contributed by atoms with E-state index in [0.717, 1.165) is 32.0 Å². The minimum atomic E-state index is -0.516. The number of para-hydroxylation sites is 1. The zero-order valence-corrected chi connectivity index (χ0v) is 14.2. The van der Waals surface area contributed by atoms with Gasteiger partial charge in [-0.25, -0.2) is 0 Å². The van der Waals surface area contributed by atoms with Gasteiger partial charge in [0.25, 0.3) is 5.91 Å². The number of hydrogen-bond donors (Lipinski definition) is 2. The molecule has 3 rings (SSSR count). The number of carbonyl (C=O) groups excluding carboxylic acids is 2. The molecule has 1 aliphatic heterocycles. The third-order valence-electron chi connectivity index (χ3n) is 5.44. The number of benzene rings is 1. The van der Waals surface area contributed by atoms with Crippen LogP contribution >= 0.6 is 0 Å². The van der Waals surface area contributed by atoms with Crippen molar-refractivity contribution in [1.82, 2.24) is 4.90 Å². The van der Waals surface area contributed by atoms with E-state index in [4.69, 9.17) is 5.73 Å². The smallest absolute Gasteiger partial charge is 0.250 e. The Bertz CT molecular complexity index is 588. The van der Waals surface area contributed by atoms with Crippen LogP contribution in [0.2, 0.25) is 0 Å². The van der Waals surface area contributed by atoms with E-state index in [9.17, 15) is 9.59 Å². The van der Waals surface area contributed by atoms with E-state index in [1.54, 1.807) is 24.3 Å². The lowest BCUT2D eigenvalue weighted by Gasteiger charge is -2.38. The SMILES string of the molecule is NC(=O)c1ccccc1NC(=O)C1CCN(C2CCCCC2)CC1. The van der Waals surface area contributed by atoms with Crippen molar-refractivity contribution in [2.75, 3.05) is 18.4 Å². The maximum atomic E-state index is 12.5. The molecule has 1 saturated heterocycles. The standard InChI is InChI=1S/C19H27N3O2/c20-18(23)16-8-4-5-9-17(16)21-19(24)14-10-12-22(13-11-14)15-6-2-1-3-7-15/h4-5,8-9,14-15H,1-3,6-7,10-13H2,(H2,20,23)(H,21,24). The minimum absolute atomic E-state index is 0.00648. The number of amides is 2. The van der Waals surface area contributed by atoms with Crippen molar-refractivity contribution in [2.24, 2.45) is 11.7 Å². The summed E-state index contributed by atoms with van der Waals surface area (Å²) in [5, 5.41) is 2.90. The van der Waals surface area contributed by atoms with Gasteiger partial charge in [-0.05, 0) is 50.9 Å². The van der Waals surface area contributed by atoms with Gasteiger partial charge in [0.05, 0.1) is 11.3 Å². The third kappa shape index (κ3) is 3.96. The van der Waals surface area contributed by atoms with Crippen LogP contribution in [0.25, 0.3) is 0 Å². The first-order valence-electron chi connectivity index (χ1n) is 9.09. The third-order valence-corrected chi connectivity index (χ3v) is 5.44. The fourth-order valence-electron chi connectivity index (χ4n) is 4.01. The van der Waals surface area contributed by atoms with E-state index in [-0.39, 0.29) is 11.8 Å². The van der Waals surface area contributed by atoms with Crippen LogP contribution in [0.5, 0.6) is 0 Å². The van der Waals surface area contributed by atoms with Gasteiger partial charge in [0.15, 0.2) is 0 Å². The minimum Gasteiger partial charge on any atom is -0.366 e. The summed E-state index contributed by atoms with van der Waals surface area (Å²) in [6.45, 7) is 2.00. The van der Waals surface area contributed by atoms with Gasteiger partial charge in [-0.15, -0.1) is 0 Å². The Hall–Kier alpha value is -1.88. The average molecular weight is 329 g/mol. The molecule has 3 N–H and O–H groups in total. The number of nitrogens with one attached hydrogen (secondary N) is 1. The van der Waals surface area contributed by atoms with Crippen LogP contribution in [0, 0.1) is 5.92 Å². The first-order valence-corrected chi connectivity index (χ1v) is 9.09. The van der Waals surface area contributed by atoms with Crippen molar-refractivity contribution in [1.29, 1.82) is 0 Å². The Morgan fingerprint density at radius 1 is 1.00 bits per heavy atom. The highest BCUT2D eigenvalue weighted by Crippen LogP contribution is 2.28. The summed E-state index contributed by atoms with van der Waals surface area (Å²) in [6.07, 6.45) is 8.45. The number of hydrogen-bond acceptors (Lipinski definition) is 3. The predicted octanol–water partition coefficient (Wildman–Crippen LogP) is 2.77. The fraction of sp³-hybridized carbons (Fsp3) is 0.579. The van der Waals surface area contributed by atoms with E-state index < -0.39 is 5.91 Å². The van der Waals surface area contributed by atoms with Gasteiger partial charge in [0, 0.05) is 12.0 Å². The lowest BCUT2D eigenvalue weighted by molar-refractivity contribution is -0.121. The number of likely N-dealkylation sites (tertiary alicyclic amines) is 1. The average Bonchev–Trinajstić information content (AvgIpc) is 2.63. The first-order chi connectivity index (χ1) is 11.6. The number of anilines is 1. The van der Waals surface area contributed by atoms with Crippen LogP contribution in [0.15, 0.2) is 24.3 Å². The summed E-state index contributed by atoms with van der Waals surface area (Å²) >= 11 is 0. The number of primary amides is 1. The van der Waals surface area contributed by atoms with Gasteiger partial charge in [0.2, 0.25) is 5.91 Å². The van der Waals surface area contributed by atoms with Crippen molar-refractivity contribution in [3.63, 3.8) is 0 Å². The molecule has 24 heavy (non-hydrogen) atoms. The summed E-state index contributed by atoms with van der Waals surface area (Å²) in [5.74, 6) is -0.490. The summed E-state index contributed by atoms with van der Waals surface area (Å²) in [5.41, 5.74) is 6.26. The number of nitrogens with two attached hydrogens (primary N) is 1. The van der Waals surface area contributed by atoms with Gasteiger partial charge in [-0.2, -0.15) is 0 Å². The van der Waals surface area contributed by atoms with Crippen LogP contribution < -0.4 is 11.1 Å².